The molecule has 0 aromatic heterocycles. The molecule has 6 nitrogen and oxygen atoms in total. The van der Waals surface area contributed by atoms with Gasteiger partial charge in [0.25, 0.3) is 5.91 Å². The van der Waals surface area contributed by atoms with Crippen molar-refractivity contribution in [3.63, 3.8) is 0 Å². The quantitative estimate of drug-likeness (QED) is 0.499. The molecule has 0 radical (unpaired) electrons. The van der Waals surface area contributed by atoms with Crippen molar-refractivity contribution in [1.82, 2.24) is 4.90 Å². The van der Waals surface area contributed by atoms with Crippen LogP contribution < -0.4 is 4.74 Å². The molecule has 0 aliphatic rings. The fourth-order valence-electron chi connectivity index (χ4n) is 1.47. The lowest BCUT2D eigenvalue weighted by Crippen LogP contribution is -2.25. The summed E-state index contributed by atoms with van der Waals surface area (Å²) in [5.41, 5.74) is 0.896. The summed E-state index contributed by atoms with van der Waals surface area (Å²) in [6.45, 7) is 0.341. The summed E-state index contributed by atoms with van der Waals surface area (Å²) in [4.78, 5) is 24.1. The molecule has 108 valence electrons. The predicted octanol–water partition coefficient (Wildman–Crippen LogP) is 1.27. The number of nitrogens with zero attached hydrogens (tertiary/aromatic N) is 1. The number of aliphatic hydroxyl groups is 1. The first-order valence-electron chi connectivity index (χ1n) is 5.85. The molecule has 0 heterocycles. The Bertz CT molecular complexity index is 507. The zero-order chi connectivity index (χ0) is 15.1. The van der Waals surface area contributed by atoms with Gasteiger partial charge in [0, 0.05) is 13.6 Å². The molecule has 0 atom stereocenters. The lowest BCUT2D eigenvalue weighted by atomic mass is 10.2. The van der Waals surface area contributed by atoms with Crippen molar-refractivity contribution in [3.8, 4) is 5.75 Å². The number of carbonyl (C=O) groups excluding carboxylic acids is 2. The number of hydrogen-bond acceptors (Lipinski definition) is 5. The van der Waals surface area contributed by atoms with Crippen LogP contribution in [0.4, 0.5) is 0 Å². The van der Waals surface area contributed by atoms with Crippen LogP contribution in [-0.4, -0.2) is 43.2 Å². The second-order valence-corrected chi connectivity index (χ2v) is 4.06. The molecule has 0 spiro atoms. The van der Waals surface area contributed by atoms with Gasteiger partial charge >= 0.3 is 5.97 Å². The number of carbonyl (C=O) groups is 2. The number of esters is 1. The van der Waals surface area contributed by atoms with Gasteiger partial charge < -0.3 is 19.5 Å². The summed E-state index contributed by atoms with van der Waals surface area (Å²) in [5.74, 6) is -1.44. The first-order valence-corrected chi connectivity index (χ1v) is 5.85. The van der Waals surface area contributed by atoms with E-state index in [1.54, 1.807) is 26.3 Å². The van der Waals surface area contributed by atoms with Crippen molar-refractivity contribution in [2.75, 3.05) is 21.3 Å². The highest BCUT2D eigenvalue weighted by molar-refractivity contribution is 5.96. The highest BCUT2D eigenvalue weighted by atomic mass is 16.5. The van der Waals surface area contributed by atoms with E-state index >= 15 is 0 Å². The van der Waals surface area contributed by atoms with Crippen LogP contribution in [0, 0.1) is 0 Å². The van der Waals surface area contributed by atoms with E-state index in [1.165, 1.54) is 4.90 Å². The number of amides is 1. The molecular weight excluding hydrogens is 262 g/mol. The monoisotopic (exact) mass is 279 g/mol. The minimum Gasteiger partial charge on any atom is -0.502 e. The van der Waals surface area contributed by atoms with Gasteiger partial charge in [-0.15, -0.1) is 0 Å². The summed E-state index contributed by atoms with van der Waals surface area (Å²) < 4.78 is 9.33. The zero-order valence-electron chi connectivity index (χ0n) is 11.6. The summed E-state index contributed by atoms with van der Waals surface area (Å²) in [5, 5.41) is 9.29. The molecule has 0 aliphatic heterocycles. The summed E-state index contributed by atoms with van der Waals surface area (Å²) in [6, 6.07) is 7.23. The lowest BCUT2D eigenvalue weighted by molar-refractivity contribution is -0.139. The Labute approximate surface area is 117 Å². The fourth-order valence-corrected chi connectivity index (χ4v) is 1.47. The molecule has 1 aromatic carbocycles. The topological polar surface area (TPSA) is 76.1 Å². The molecule has 0 saturated carbocycles. The van der Waals surface area contributed by atoms with Crippen LogP contribution in [0.5, 0.6) is 5.75 Å². The summed E-state index contributed by atoms with van der Waals surface area (Å²) >= 11 is 0. The van der Waals surface area contributed by atoms with E-state index in [1.807, 2.05) is 12.1 Å². The van der Waals surface area contributed by atoms with E-state index in [0.29, 0.717) is 6.54 Å². The van der Waals surface area contributed by atoms with Gasteiger partial charge in [0.05, 0.1) is 20.3 Å². The van der Waals surface area contributed by atoms with Crippen molar-refractivity contribution in [2.24, 2.45) is 0 Å². The molecule has 6 heteroatoms. The maximum Gasteiger partial charge on any atom is 0.373 e. The van der Waals surface area contributed by atoms with Gasteiger partial charge in [-0.3, -0.25) is 4.79 Å². The van der Waals surface area contributed by atoms with Gasteiger partial charge in [0.15, 0.2) is 0 Å². The Morgan fingerprint density at radius 2 is 1.85 bits per heavy atom. The Morgan fingerprint density at radius 1 is 1.25 bits per heavy atom. The van der Waals surface area contributed by atoms with E-state index in [0.717, 1.165) is 24.5 Å². The number of rotatable bonds is 5. The molecule has 0 fully saturated rings. The second-order valence-electron chi connectivity index (χ2n) is 4.06. The fraction of sp³-hybridized carbons (Fsp3) is 0.286. The highest BCUT2D eigenvalue weighted by Gasteiger charge is 2.13. The van der Waals surface area contributed by atoms with Gasteiger partial charge in [-0.25, -0.2) is 4.79 Å². The summed E-state index contributed by atoms with van der Waals surface area (Å²) in [6.07, 6.45) is 0.829. The highest BCUT2D eigenvalue weighted by Crippen LogP contribution is 2.12. The molecule has 0 unspecified atom stereocenters. The van der Waals surface area contributed by atoms with Crippen LogP contribution in [0.15, 0.2) is 36.1 Å². The zero-order valence-corrected chi connectivity index (χ0v) is 11.6. The smallest absolute Gasteiger partial charge is 0.373 e. The number of methoxy groups -OCH3 is 2. The van der Waals surface area contributed by atoms with Crippen LogP contribution >= 0.6 is 0 Å². The van der Waals surface area contributed by atoms with Crippen LogP contribution in [-0.2, 0) is 20.9 Å². The minimum absolute atomic E-state index is 0.341. The lowest BCUT2D eigenvalue weighted by Gasteiger charge is -2.15. The number of ether oxygens (including phenoxy) is 2. The van der Waals surface area contributed by atoms with E-state index in [4.69, 9.17) is 4.74 Å². The van der Waals surface area contributed by atoms with Crippen molar-refractivity contribution in [2.45, 2.75) is 6.54 Å². The predicted molar refractivity (Wildman–Crippen MR) is 72.2 cm³/mol. The first kappa shape index (κ1) is 15.6. The Balaban J connectivity index is 2.67. The molecule has 1 aromatic rings. The van der Waals surface area contributed by atoms with E-state index < -0.39 is 17.6 Å². The van der Waals surface area contributed by atoms with Crippen LogP contribution in [0.25, 0.3) is 0 Å². The average Bonchev–Trinajstić information content (AvgIpc) is 2.46. The average molecular weight is 279 g/mol. The number of hydrogen-bond donors (Lipinski definition) is 1. The van der Waals surface area contributed by atoms with Crippen LogP contribution in [0.2, 0.25) is 0 Å². The Kier molecular flexibility index (Phi) is 5.58. The third-order valence-corrected chi connectivity index (χ3v) is 2.61. The van der Waals surface area contributed by atoms with Gasteiger partial charge in [0.1, 0.15) is 5.75 Å². The molecule has 1 N–H and O–H groups in total. The standard InChI is InChI=1S/C14H17NO5/c1-15(13(17)8-12(16)14(18)20-3)9-10-4-6-11(19-2)7-5-10/h4-8,16H,9H2,1-3H3/b12-8-. The van der Waals surface area contributed by atoms with Crippen LogP contribution in [0.1, 0.15) is 5.56 Å². The normalized spacial score (nSPS) is 10.8. The molecule has 0 saturated heterocycles. The first-order chi connectivity index (χ1) is 9.47. The third-order valence-electron chi connectivity index (χ3n) is 2.61. The number of benzene rings is 1. The Morgan fingerprint density at radius 3 is 2.35 bits per heavy atom. The van der Waals surface area contributed by atoms with Crippen molar-refractivity contribution < 1.29 is 24.2 Å². The van der Waals surface area contributed by atoms with Gasteiger partial charge in [-0.1, -0.05) is 12.1 Å². The largest absolute Gasteiger partial charge is 0.502 e. The van der Waals surface area contributed by atoms with E-state index in [-0.39, 0.29) is 0 Å². The second kappa shape index (κ2) is 7.18. The van der Waals surface area contributed by atoms with Crippen molar-refractivity contribution in [3.05, 3.63) is 41.7 Å². The van der Waals surface area contributed by atoms with E-state index in [2.05, 4.69) is 4.74 Å². The van der Waals surface area contributed by atoms with Gasteiger partial charge in [-0.05, 0) is 17.7 Å². The minimum atomic E-state index is -0.948. The van der Waals surface area contributed by atoms with Crippen molar-refractivity contribution >= 4 is 11.9 Å². The Hall–Kier alpha value is -2.50. The summed E-state index contributed by atoms with van der Waals surface area (Å²) in [7, 11) is 4.26. The SMILES string of the molecule is COC(=O)/C(O)=C/C(=O)N(C)Cc1ccc(OC)cc1. The maximum absolute atomic E-state index is 11.8. The van der Waals surface area contributed by atoms with Gasteiger partial charge in [0.2, 0.25) is 5.76 Å². The van der Waals surface area contributed by atoms with Crippen molar-refractivity contribution in [1.29, 1.82) is 0 Å². The maximum atomic E-state index is 11.8. The molecule has 1 amide bonds. The molecule has 0 bridgehead atoms. The molecule has 0 aliphatic carbocycles. The third kappa shape index (κ3) is 4.31. The molecule has 20 heavy (non-hydrogen) atoms. The van der Waals surface area contributed by atoms with Gasteiger partial charge in [-0.2, -0.15) is 0 Å². The molecular formula is C14H17NO5. The number of aliphatic hydroxyl groups excluding tert-OH is 1. The van der Waals surface area contributed by atoms with Crippen LogP contribution in [0.3, 0.4) is 0 Å². The van der Waals surface area contributed by atoms with E-state index in [9.17, 15) is 14.7 Å². The number of likely N-dealkylation sites (N-methyl/N-ethyl adjacent to an activating group) is 1. The molecule has 1 rings (SSSR count).